The van der Waals surface area contributed by atoms with E-state index in [4.69, 9.17) is 18.9 Å². The van der Waals surface area contributed by atoms with Crippen LogP contribution in [0.1, 0.15) is 16.7 Å². The first-order chi connectivity index (χ1) is 19.0. The summed E-state index contributed by atoms with van der Waals surface area (Å²) in [7, 11) is -3.04. The second-order valence-corrected chi connectivity index (χ2v) is 10.5. The van der Waals surface area contributed by atoms with Crippen LogP contribution in [0.2, 0.25) is 0 Å². The van der Waals surface area contributed by atoms with E-state index in [1.54, 1.807) is 60.7 Å². The van der Waals surface area contributed by atoms with Crippen molar-refractivity contribution >= 4 is 27.3 Å². The molecule has 0 spiro atoms. The van der Waals surface area contributed by atoms with Gasteiger partial charge in [-0.25, -0.2) is 17.5 Å². The Morgan fingerprint density at radius 2 is 1.59 bits per heavy atom. The molecule has 0 saturated heterocycles. The molecule has 0 atom stereocenters. The van der Waals surface area contributed by atoms with E-state index in [1.165, 1.54) is 13.2 Å². The molecule has 0 N–H and O–H groups in total. The van der Waals surface area contributed by atoms with Crippen molar-refractivity contribution in [3.63, 3.8) is 0 Å². The number of esters is 1. The molecular weight excluding hydrogens is 518 g/mol. The van der Waals surface area contributed by atoms with Crippen LogP contribution in [-0.4, -0.2) is 28.3 Å². The summed E-state index contributed by atoms with van der Waals surface area (Å²) in [6.45, 7) is 0.277. The van der Waals surface area contributed by atoms with Crippen LogP contribution in [0.3, 0.4) is 0 Å². The minimum atomic E-state index is -4.26. The van der Waals surface area contributed by atoms with Crippen molar-refractivity contribution in [3.8, 4) is 17.2 Å². The highest BCUT2D eigenvalue weighted by Gasteiger charge is 2.43. The number of sulfonamides is 1. The number of methoxy groups -OCH3 is 1. The van der Waals surface area contributed by atoms with E-state index in [-0.39, 0.29) is 35.4 Å². The monoisotopic (exact) mass is 541 g/mol. The first-order valence-electron chi connectivity index (χ1n) is 12.1. The van der Waals surface area contributed by atoms with E-state index in [1.807, 2.05) is 30.3 Å². The van der Waals surface area contributed by atoms with Crippen molar-refractivity contribution in [2.75, 3.05) is 18.2 Å². The predicted molar refractivity (Wildman–Crippen MR) is 144 cm³/mol. The second-order valence-electron chi connectivity index (χ2n) is 8.79. The van der Waals surface area contributed by atoms with Crippen molar-refractivity contribution < 1.29 is 32.2 Å². The second kappa shape index (κ2) is 9.85. The van der Waals surface area contributed by atoms with Crippen LogP contribution in [0.25, 0.3) is 5.57 Å². The number of ether oxygens (including phenoxy) is 4. The van der Waals surface area contributed by atoms with Crippen molar-refractivity contribution in [3.05, 3.63) is 119 Å². The predicted octanol–water partition coefficient (Wildman–Crippen LogP) is 5.14. The van der Waals surface area contributed by atoms with Crippen LogP contribution in [0.5, 0.6) is 17.2 Å². The molecule has 4 aromatic rings. The van der Waals surface area contributed by atoms with Crippen LogP contribution in [0.15, 0.2) is 108 Å². The van der Waals surface area contributed by atoms with E-state index in [9.17, 15) is 13.2 Å². The Bertz CT molecular complexity index is 1710. The van der Waals surface area contributed by atoms with Crippen LogP contribution in [0.4, 0.5) is 5.69 Å². The Hall–Kier alpha value is -4.76. The lowest BCUT2D eigenvalue weighted by Gasteiger charge is -2.34. The minimum Gasteiger partial charge on any atom is -0.487 e. The summed E-state index contributed by atoms with van der Waals surface area (Å²) >= 11 is 0. The molecule has 2 aliphatic heterocycles. The standard InChI is InChI=1S/C30H23NO7S/c1-35-30(32)29-28(21-15-16-25-26(17-21)38-19-37-25)22-11-5-8-14-27(22)39(33,34)31(29)23-12-6-7-13-24(23)36-18-20-9-3-2-4-10-20/h2-17H,18-19H2,1H3. The molecule has 2 aliphatic rings. The zero-order valence-electron chi connectivity index (χ0n) is 20.9. The fraction of sp³-hybridized carbons (Fsp3) is 0.100. The topological polar surface area (TPSA) is 91.4 Å². The molecular formula is C30H23NO7S. The summed E-state index contributed by atoms with van der Waals surface area (Å²) in [4.78, 5) is 13.5. The third kappa shape index (κ3) is 4.26. The molecule has 0 aromatic heterocycles. The number of nitrogens with zero attached hydrogens (tertiary/aromatic N) is 1. The maximum atomic E-state index is 14.2. The maximum absolute atomic E-state index is 14.2. The molecule has 196 valence electrons. The lowest BCUT2D eigenvalue weighted by molar-refractivity contribution is -0.136. The van der Waals surface area contributed by atoms with Gasteiger partial charge in [-0.15, -0.1) is 0 Å². The number of benzene rings is 4. The zero-order chi connectivity index (χ0) is 27.0. The van der Waals surface area contributed by atoms with E-state index in [0.717, 1.165) is 9.87 Å². The Morgan fingerprint density at radius 1 is 0.872 bits per heavy atom. The lowest BCUT2D eigenvalue weighted by Crippen LogP contribution is -2.39. The first-order valence-corrected chi connectivity index (χ1v) is 13.6. The quantitative estimate of drug-likeness (QED) is 0.312. The summed E-state index contributed by atoms with van der Waals surface area (Å²) in [6, 6.07) is 28.0. The molecule has 9 heteroatoms. The van der Waals surface area contributed by atoms with Crippen LogP contribution < -0.4 is 18.5 Å². The average molecular weight is 542 g/mol. The van der Waals surface area contributed by atoms with Crippen molar-refractivity contribution in [1.29, 1.82) is 0 Å². The Kier molecular flexibility index (Phi) is 6.20. The fourth-order valence-corrected chi connectivity index (χ4v) is 6.42. The third-order valence-corrected chi connectivity index (χ3v) is 8.25. The number of carbonyl (C=O) groups excluding carboxylic acids is 1. The van der Waals surface area contributed by atoms with Gasteiger partial charge in [-0.2, -0.15) is 0 Å². The number of para-hydroxylation sites is 2. The maximum Gasteiger partial charge on any atom is 0.356 e. The summed E-state index contributed by atoms with van der Waals surface area (Å²) in [5.41, 5.74) is 2.24. The molecule has 0 unspecified atom stereocenters. The van der Waals surface area contributed by atoms with E-state index < -0.39 is 16.0 Å². The fourth-order valence-electron chi connectivity index (χ4n) is 4.70. The molecule has 4 aromatic carbocycles. The van der Waals surface area contributed by atoms with Crippen molar-refractivity contribution in [2.45, 2.75) is 11.5 Å². The van der Waals surface area contributed by atoms with Gasteiger partial charge >= 0.3 is 5.97 Å². The molecule has 0 amide bonds. The van der Waals surface area contributed by atoms with Gasteiger partial charge < -0.3 is 18.9 Å². The number of hydrogen-bond acceptors (Lipinski definition) is 7. The lowest BCUT2D eigenvalue weighted by atomic mass is 9.94. The molecule has 0 radical (unpaired) electrons. The highest BCUT2D eigenvalue weighted by Crippen LogP contribution is 2.47. The number of hydrogen-bond donors (Lipinski definition) is 0. The Balaban J connectivity index is 1.59. The molecule has 0 bridgehead atoms. The van der Waals surface area contributed by atoms with Gasteiger partial charge in [-0.05, 0) is 41.5 Å². The summed E-state index contributed by atoms with van der Waals surface area (Å²) in [5.74, 6) is 0.523. The summed E-state index contributed by atoms with van der Waals surface area (Å²) in [5, 5.41) is 0. The van der Waals surface area contributed by atoms with Crippen LogP contribution >= 0.6 is 0 Å². The molecule has 2 heterocycles. The van der Waals surface area contributed by atoms with Gasteiger partial charge in [0, 0.05) is 11.1 Å². The molecule has 0 saturated carbocycles. The van der Waals surface area contributed by atoms with Gasteiger partial charge in [0.05, 0.1) is 17.7 Å². The van der Waals surface area contributed by atoms with Gasteiger partial charge in [0.15, 0.2) is 17.2 Å². The smallest absolute Gasteiger partial charge is 0.356 e. The highest BCUT2D eigenvalue weighted by molar-refractivity contribution is 7.93. The van der Waals surface area contributed by atoms with E-state index in [2.05, 4.69) is 0 Å². The van der Waals surface area contributed by atoms with Gasteiger partial charge in [-0.3, -0.25) is 0 Å². The summed E-state index contributed by atoms with van der Waals surface area (Å²) < 4.78 is 51.7. The summed E-state index contributed by atoms with van der Waals surface area (Å²) in [6.07, 6.45) is 0. The Morgan fingerprint density at radius 3 is 2.41 bits per heavy atom. The third-order valence-electron chi connectivity index (χ3n) is 6.48. The number of anilines is 1. The van der Waals surface area contributed by atoms with Crippen LogP contribution in [-0.2, 0) is 26.2 Å². The van der Waals surface area contributed by atoms with E-state index in [0.29, 0.717) is 28.2 Å². The SMILES string of the molecule is COC(=O)C1=C(c2ccc3c(c2)OCO3)c2ccccc2S(=O)(=O)N1c1ccccc1OCc1ccccc1. The Labute approximate surface area is 225 Å². The van der Waals surface area contributed by atoms with Gasteiger partial charge in [0.1, 0.15) is 12.4 Å². The number of fused-ring (bicyclic) bond motifs is 2. The molecule has 0 aliphatic carbocycles. The first kappa shape index (κ1) is 24.6. The van der Waals surface area contributed by atoms with Gasteiger partial charge in [0.2, 0.25) is 6.79 Å². The molecule has 0 fully saturated rings. The normalized spacial score (nSPS) is 15.1. The molecule has 39 heavy (non-hydrogen) atoms. The van der Waals surface area contributed by atoms with Crippen molar-refractivity contribution in [1.82, 2.24) is 0 Å². The minimum absolute atomic E-state index is 0.0446. The van der Waals surface area contributed by atoms with Gasteiger partial charge in [0.25, 0.3) is 10.0 Å². The van der Waals surface area contributed by atoms with Crippen LogP contribution in [0, 0.1) is 0 Å². The average Bonchev–Trinajstić information content (AvgIpc) is 3.44. The number of rotatable bonds is 6. The molecule has 8 nitrogen and oxygen atoms in total. The van der Waals surface area contributed by atoms with Crippen molar-refractivity contribution in [2.24, 2.45) is 0 Å². The largest absolute Gasteiger partial charge is 0.487 e. The van der Waals surface area contributed by atoms with E-state index >= 15 is 0 Å². The number of carbonyl (C=O) groups is 1. The zero-order valence-corrected chi connectivity index (χ0v) is 21.7. The molecule has 6 rings (SSSR count). The van der Waals surface area contributed by atoms with Gasteiger partial charge in [-0.1, -0.05) is 66.7 Å². The highest BCUT2D eigenvalue weighted by atomic mass is 32.2.